The average molecular weight is 458 g/mol. The van der Waals surface area contributed by atoms with Crippen molar-refractivity contribution >= 4 is 11.6 Å². The lowest BCUT2D eigenvalue weighted by molar-refractivity contribution is 0.0999. The second kappa shape index (κ2) is 8.62. The van der Waals surface area contributed by atoms with Gasteiger partial charge in [-0.15, -0.1) is 0 Å². The van der Waals surface area contributed by atoms with Gasteiger partial charge in [0, 0.05) is 35.4 Å². The zero-order chi connectivity index (χ0) is 23.8. The van der Waals surface area contributed by atoms with Crippen LogP contribution in [-0.4, -0.2) is 20.4 Å². The number of nitrogens with two attached hydrogens (primary N) is 2. The van der Waals surface area contributed by atoms with Crippen molar-refractivity contribution < 1.29 is 13.9 Å². The standard InChI is InChI=1S/C26H24FN5O2/c1-15-11-12-30-26(31-15)34-21-10-7-17(14-19(21)27)22-23(25(29)33)20-4-2-3-13-32(20)24(22)16-5-8-18(28)9-6-16/h5-12,14H,2-4,13,28H2,1H3,(H2,29,33). The van der Waals surface area contributed by atoms with Gasteiger partial charge in [-0.1, -0.05) is 18.2 Å². The van der Waals surface area contributed by atoms with Crippen LogP contribution in [0.25, 0.3) is 22.4 Å². The molecule has 0 saturated heterocycles. The molecule has 0 bridgehead atoms. The molecule has 2 aromatic carbocycles. The summed E-state index contributed by atoms with van der Waals surface area (Å²) in [6.45, 7) is 2.55. The van der Waals surface area contributed by atoms with Crippen LogP contribution in [0.2, 0.25) is 0 Å². The third-order valence-electron chi connectivity index (χ3n) is 6.04. The SMILES string of the molecule is Cc1ccnc(Oc2ccc(-c3c(C(N)=O)c4n(c3-c3ccc(N)cc3)CCCC4)cc2F)n1. The highest BCUT2D eigenvalue weighted by Gasteiger charge is 2.29. The van der Waals surface area contributed by atoms with Crippen molar-refractivity contribution in [3.8, 4) is 34.1 Å². The first-order chi connectivity index (χ1) is 16.4. The Morgan fingerprint density at radius 3 is 2.56 bits per heavy atom. The molecule has 172 valence electrons. The minimum absolute atomic E-state index is 0.00650. The smallest absolute Gasteiger partial charge is 0.322 e. The van der Waals surface area contributed by atoms with Crippen LogP contribution in [0, 0.1) is 12.7 Å². The molecule has 0 radical (unpaired) electrons. The van der Waals surface area contributed by atoms with Crippen molar-refractivity contribution in [2.75, 3.05) is 5.73 Å². The molecule has 0 atom stereocenters. The van der Waals surface area contributed by atoms with Gasteiger partial charge in [-0.25, -0.2) is 14.4 Å². The van der Waals surface area contributed by atoms with Gasteiger partial charge in [-0.3, -0.25) is 4.79 Å². The van der Waals surface area contributed by atoms with Gasteiger partial charge in [-0.2, -0.15) is 0 Å². The molecule has 1 aliphatic rings. The second-order valence-electron chi connectivity index (χ2n) is 8.37. The summed E-state index contributed by atoms with van der Waals surface area (Å²) in [6.07, 6.45) is 4.23. The summed E-state index contributed by atoms with van der Waals surface area (Å²) in [5, 5.41) is 0. The fraction of sp³-hybridized carbons (Fsp3) is 0.192. The molecule has 4 N–H and O–H groups in total. The third kappa shape index (κ3) is 3.87. The Kier molecular flexibility index (Phi) is 5.49. The van der Waals surface area contributed by atoms with E-state index in [1.54, 1.807) is 25.3 Å². The van der Waals surface area contributed by atoms with E-state index < -0.39 is 11.7 Å². The van der Waals surface area contributed by atoms with Crippen LogP contribution in [-0.2, 0) is 13.0 Å². The van der Waals surface area contributed by atoms with Gasteiger partial charge in [0.2, 0.25) is 0 Å². The van der Waals surface area contributed by atoms with Crippen LogP contribution in [0.3, 0.4) is 0 Å². The minimum atomic E-state index is -0.592. The quantitative estimate of drug-likeness (QED) is 0.416. The predicted molar refractivity (Wildman–Crippen MR) is 128 cm³/mol. The highest BCUT2D eigenvalue weighted by Crippen LogP contribution is 2.42. The van der Waals surface area contributed by atoms with Gasteiger partial charge in [0.25, 0.3) is 5.91 Å². The number of aromatic nitrogens is 3. The van der Waals surface area contributed by atoms with Gasteiger partial charge >= 0.3 is 6.01 Å². The number of hydrogen-bond acceptors (Lipinski definition) is 5. The van der Waals surface area contributed by atoms with Crippen LogP contribution in [0.4, 0.5) is 10.1 Å². The van der Waals surface area contributed by atoms with Crippen molar-refractivity contribution in [2.45, 2.75) is 32.7 Å². The number of nitrogens with zero attached hydrogens (tertiary/aromatic N) is 3. The lowest BCUT2D eigenvalue weighted by atomic mass is 9.95. The Labute approximate surface area is 196 Å². The lowest BCUT2D eigenvalue weighted by Gasteiger charge is -2.19. The number of ether oxygens (including phenoxy) is 1. The molecule has 8 heteroatoms. The average Bonchev–Trinajstić information content (AvgIpc) is 3.16. The number of rotatable bonds is 5. The first-order valence-corrected chi connectivity index (χ1v) is 11.1. The number of primary amides is 1. The van der Waals surface area contributed by atoms with Crippen LogP contribution in [0.1, 0.15) is 34.6 Å². The van der Waals surface area contributed by atoms with Gasteiger partial charge in [-0.05, 0) is 67.6 Å². The molecular weight excluding hydrogens is 433 g/mol. The number of carbonyl (C=O) groups excluding carboxylic acids is 1. The molecule has 0 fully saturated rings. The van der Waals surface area contributed by atoms with Crippen LogP contribution >= 0.6 is 0 Å². The fourth-order valence-corrected chi connectivity index (χ4v) is 4.54. The maximum absolute atomic E-state index is 15.2. The van der Waals surface area contributed by atoms with Crippen molar-refractivity contribution in [2.24, 2.45) is 5.73 Å². The number of halogens is 1. The van der Waals surface area contributed by atoms with E-state index in [1.165, 1.54) is 12.1 Å². The number of benzene rings is 2. The second-order valence-corrected chi connectivity index (χ2v) is 8.37. The Morgan fingerprint density at radius 2 is 1.85 bits per heavy atom. The van der Waals surface area contributed by atoms with E-state index in [-0.39, 0.29) is 11.8 Å². The minimum Gasteiger partial charge on any atom is -0.421 e. The molecule has 0 aliphatic carbocycles. The number of carbonyl (C=O) groups is 1. The summed E-state index contributed by atoms with van der Waals surface area (Å²) in [5.74, 6) is -1.13. The van der Waals surface area contributed by atoms with Gasteiger partial charge in [0.05, 0.1) is 11.3 Å². The first-order valence-electron chi connectivity index (χ1n) is 11.1. The van der Waals surface area contributed by atoms with Crippen molar-refractivity contribution in [1.82, 2.24) is 14.5 Å². The van der Waals surface area contributed by atoms with Gasteiger partial charge < -0.3 is 20.8 Å². The summed E-state index contributed by atoms with van der Waals surface area (Å²) >= 11 is 0. The highest BCUT2D eigenvalue weighted by molar-refractivity contribution is 6.05. The Bertz CT molecular complexity index is 1400. The summed E-state index contributed by atoms with van der Waals surface area (Å²) in [4.78, 5) is 20.8. The molecule has 2 aromatic heterocycles. The van der Waals surface area contributed by atoms with Gasteiger partial charge in [0.1, 0.15) is 0 Å². The molecule has 7 nitrogen and oxygen atoms in total. The topological polar surface area (TPSA) is 109 Å². The van der Waals surface area contributed by atoms with Crippen molar-refractivity contribution in [1.29, 1.82) is 0 Å². The Hall–Kier alpha value is -4.20. The summed E-state index contributed by atoms with van der Waals surface area (Å²) < 4.78 is 22.9. The zero-order valence-electron chi connectivity index (χ0n) is 18.7. The van der Waals surface area contributed by atoms with E-state index in [0.29, 0.717) is 28.1 Å². The van der Waals surface area contributed by atoms with E-state index in [0.717, 1.165) is 42.8 Å². The zero-order valence-corrected chi connectivity index (χ0v) is 18.7. The normalized spacial score (nSPS) is 12.9. The van der Waals surface area contributed by atoms with E-state index in [9.17, 15) is 4.79 Å². The number of amides is 1. The maximum Gasteiger partial charge on any atom is 0.322 e. The molecule has 4 aromatic rings. The number of hydrogen-bond donors (Lipinski definition) is 2. The molecule has 1 amide bonds. The van der Waals surface area contributed by atoms with E-state index >= 15 is 4.39 Å². The number of fused-ring (bicyclic) bond motifs is 1. The van der Waals surface area contributed by atoms with E-state index in [1.807, 2.05) is 24.3 Å². The largest absolute Gasteiger partial charge is 0.421 e. The molecule has 34 heavy (non-hydrogen) atoms. The highest BCUT2D eigenvalue weighted by atomic mass is 19.1. The third-order valence-corrected chi connectivity index (χ3v) is 6.04. The summed E-state index contributed by atoms with van der Waals surface area (Å²) in [5.41, 5.74) is 17.3. The van der Waals surface area contributed by atoms with Crippen molar-refractivity contribution in [3.63, 3.8) is 0 Å². The molecule has 5 rings (SSSR count). The summed E-state index contributed by atoms with van der Waals surface area (Å²) in [6, 6.07) is 13.8. The van der Waals surface area contributed by atoms with Crippen LogP contribution in [0.5, 0.6) is 11.8 Å². The molecule has 0 saturated carbocycles. The fourth-order valence-electron chi connectivity index (χ4n) is 4.54. The molecular formula is C26H24FN5O2. The van der Waals surface area contributed by atoms with Crippen molar-refractivity contribution in [3.05, 3.63) is 77.5 Å². The number of aryl methyl sites for hydroxylation is 1. The summed E-state index contributed by atoms with van der Waals surface area (Å²) in [7, 11) is 0. The van der Waals surface area contributed by atoms with Crippen LogP contribution < -0.4 is 16.2 Å². The molecule has 0 spiro atoms. The molecule has 1 aliphatic heterocycles. The molecule has 3 heterocycles. The van der Waals surface area contributed by atoms with E-state index in [2.05, 4.69) is 14.5 Å². The number of anilines is 1. The lowest BCUT2D eigenvalue weighted by Crippen LogP contribution is -2.17. The monoisotopic (exact) mass is 457 g/mol. The Morgan fingerprint density at radius 1 is 1.09 bits per heavy atom. The van der Waals surface area contributed by atoms with E-state index in [4.69, 9.17) is 16.2 Å². The maximum atomic E-state index is 15.2. The first kappa shape index (κ1) is 21.6. The number of nitrogen functional groups attached to an aromatic ring is 1. The Balaban J connectivity index is 1.67. The molecule has 0 unspecified atom stereocenters. The predicted octanol–water partition coefficient (Wildman–Crippen LogP) is 4.87. The van der Waals surface area contributed by atoms with Gasteiger partial charge in [0.15, 0.2) is 11.6 Å². The van der Waals surface area contributed by atoms with Crippen LogP contribution in [0.15, 0.2) is 54.7 Å².